The fourth-order valence-electron chi connectivity index (χ4n) is 1.86. The molecule has 108 valence electrons. The van der Waals surface area contributed by atoms with Gasteiger partial charge in [0.2, 0.25) is 0 Å². The first-order valence-corrected chi connectivity index (χ1v) is 5.72. The molecular weight excluding hydrogens is 279 g/mol. The SMILES string of the molecule is O=C(Nc1cc(F)c(F)c(F)c1)[C@@H]1CC[C@H](C(=O)O)O1. The molecule has 8 heteroatoms. The zero-order valence-electron chi connectivity index (χ0n) is 10.0. The molecule has 2 rings (SSSR count). The number of carboxylic acids is 1. The maximum absolute atomic E-state index is 13.0. The van der Waals surface area contributed by atoms with Crippen LogP contribution in [-0.4, -0.2) is 29.2 Å². The normalized spacial score (nSPS) is 21.8. The number of amides is 1. The van der Waals surface area contributed by atoms with Crippen molar-refractivity contribution in [2.75, 3.05) is 5.32 Å². The number of aliphatic carboxylic acids is 1. The van der Waals surface area contributed by atoms with Crippen LogP contribution in [0.2, 0.25) is 0 Å². The first-order valence-electron chi connectivity index (χ1n) is 5.72. The Morgan fingerprint density at radius 1 is 1.15 bits per heavy atom. The largest absolute Gasteiger partial charge is 0.479 e. The van der Waals surface area contributed by atoms with Gasteiger partial charge in [0.15, 0.2) is 23.6 Å². The van der Waals surface area contributed by atoms with Crippen molar-refractivity contribution >= 4 is 17.6 Å². The predicted octanol–water partition coefficient (Wildman–Crippen LogP) is 1.67. The van der Waals surface area contributed by atoms with Gasteiger partial charge >= 0.3 is 5.97 Å². The average Bonchev–Trinajstić information content (AvgIpc) is 2.85. The Kier molecular flexibility index (Phi) is 3.93. The summed E-state index contributed by atoms with van der Waals surface area (Å²) in [4.78, 5) is 22.4. The van der Waals surface area contributed by atoms with Gasteiger partial charge in [-0.25, -0.2) is 18.0 Å². The Labute approximate surface area is 111 Å². The maximum Gasteiger partial charge on any atom is 0.332 e. The molecule has 0 unspecified atom stereocenters. The van der Waals surface area contributed by atoms with Crippen molar-refractivity contribution < 1.29 is 32.6 Å². The quantitative estimate of drug-likeness (QED) is 0.830. The van der Waals surface area contributed by atoms with Gasteiger partial charge < -0.3 is 15.2 Å². The van der Waals surface area contributed by atoms with Crippen LogP contribution in [0.3, 0.4) is 0 Å². The van der Waals surface area contributed by atoms with Gasteiger partial charge in [-0.3, -0.25) is 4.79 Å². The lowest BCUT2D eigenvalue weighted by Crippen LogP contribution is -2.30. The second-order valence-corrected chi connectivity index (χ2v) is 4.27. The Bertz CT molecular complexity index is 541. The molecule has 1 fully saturated rings. The van der Waals surface area contributed by atoms with E-state index >= 15 is 0 Å². The average molecular weight is 289 g/mol. The molecule has 0 radical (unpaired) electrons. The summed E-state index contributed by atoms with van der Waals surface area (Å²) in [5.41, 5.74) is -0.270. The zero-order valence-corrected chi connectivity index (χ0v) is 10.0. The molecule has 2 N–H and O–H groups in total. The van der Waals surface area contributed by atoms with Gasteiger partial charge in [-0.15, -0.1) is 0 Å². The predicted molar refractivity (Wildman–Crippen MR) is 60.5 cm³/mol. The fourth-order valence-corrected chi connectivity index (χ4v) is 1.86. The summed E-state index contributed by atoms with van der Waals surface area (Å²) in [6.45, 7) is 0. The van der Waals surface area contributed by atoms with Gasteiger partial charge in [-0.1, -0.05) is 0 Å². The molecule has 1 aromatic rings. The van der Waals surface area contributed by atoms with Crippen LogP contribution in [0.15, 0.2) is 12.1 Å². The number of ether oxygens (including phenoxy) is 1. The number of halogens is 3. The first-order chi connectivity index (χ1) is 9.38. The molecule has 1 aromatic carbocycles. The Morgan fingerprint density at radius 2 is 1.70 bits per heavy atom. The summed E-state index contributed by atoms with van der Waals surface area (Å²) in [6.07, 6.45) is -1.76. The summed E-state index contributed by atoms with van der Waals surface area (Å²) in [5, 5.41) is 10.9. The summed E-state index contributed by atoms with van der Waals surface area (Å²) in [6, 6.07) is 1.25. The molecule has 0 aliphatic carbocycles. The number of carbonyl (C=O) groups is 2. The van der Waals surface area contributed by atoms with Gasteiger partial charge in [-0.05, 0) is 12.8 Å². The molecule has 0 saturated carbocycles. The summed E-state index contributed by atoms with van der Waals surface area (Å²) in [7, 11) is 0. The van der Waals surface area contributed by atoms with E-state index in [0.717, 1.165) is 0 Å². The van der Waals surface area contributed by atoms with Gasteiger partial charge in [0.05, 0.1) is 0 Å². The van der Waals surface area contributed by atoms with Crippen molar-refractivity contribution in [2.24, 2.45) is 0 Å². The highest BCUT2D eigenvalue weighted by Crippen LogP contribution is 2.22. The van der Waals surface area contributed by atoms with Crippen LogP contribution in [0.5, 0.6) is 0 Å². The number of hydrogen-bond acceptors (Lipinski definition) is 3. The second-order valence-electron chi connectivity index (χ2n) is 4.27. The van der Waals surface area contributed by atoms with E-state index in [-0.39, 0.29) is 18.5 Å². The van der Waals surface area contributed by atoms with Crippen LogP contribution in [0.4, 0.5) is 18.9 Å². The molecule has 1 saturated heterocycles. The number of hydrogen-bond donors (Lipinski definition) is 2. The molecule has 1 heterocycles. The van der Waals surface area contributed by atoms with E-state index in [4.69, 9.17) is 9.84 Å². The molecule has 5 nitrogen and oxygen atoms in total. The Hall–Kier alpha value is -2.09. The van der Waals surface area contributed by atoms with Crippen LogP contribution in [0.25, 0.3) is 0 Å². The lowest BCUT2D eigenvalue weighted by Gasteiger charge is -2.12. The van der Waals surface area contributed by atoms with E-state index in [1.165, 1.54) is 0 Å². The van der Waals surface area contributed by atoms with E-state index in [1.54, 1.807) is 0 Å². The van der Waals surface area contributed by atoms with Crippen molar-refractivity contribution in [2.45, 2.75) is 25.0 Å². The van der Waals surface area contributed by atoms with Crippen LogP contribution in [0.1, 0.15) is 12.8 Å². The first kappa shape index (κ1) is 14.3. The minimum atomic E-state index is -1.63. The van der Waals surface area contributed by atoms with Crippen molar-refractivity contribution in [1.29, 1.82) is 0 Å². The van der Waals surface area contributed by atoms with Crippen molar-refractivity contribution in [3.63, 3.8) is 0 Å². The van der Waals surface area contributed by atoms with Gasteiger partial charge in [0.25, 0.3) is 5.91 Å². The lowest BCUT2D eigenvalue weighted by atomic mass is 10.2. The van der Waals surface area contributed by atoms with Crippen LogP contribution >= 0.6 is 0 Å². The van der Waals surface area contributed by atoms with E-state index in [9.17, 15) is 22.8 Å². The molecule has 1 amide bonds. The second kappa shape index (κ2) is 5.49. The van der Waals surface area contributed by atoms with E-state index in [0.29, 0.717) is 12.1 Å². The Morgan fingerprint density at radius 3 is 2.20 bits per heavy atom. The number of anilines is 1. The highest BCUT2D eigenvalue weighted by atomic mass is 19.2. The van der Waals surface area contributed by atoms with Crippen LogP contribution in [-0.2, 0) is 14.3 Å². The maximum atomic E-state index is 13.0. The highest BCUT2D eigenvalue weighted by molar-refractivity contribution is 5.94. The molecule has 1 aliphatic rings. The monoisotopic (exact) mass is 289 g/mol. The van der Waals surface area contributed by atoms with Crippen molar-refractivity contribution in [3.05, 3.63) is 29.6 Å². The third-order valence-electron chi connectivity index (χ3n) is 2.84. The number of carboxylic acid groups (broad SMARTS) is 1. The summed E-state index contributed by atoms with van der Waals surface area (Å²) in [5.74, 6) is -6.42. The van der Waals surface area contributed by atoms with E-state index < -0.39 is 41.5 Å². The van der Waals surface area contributed by atoms with Gasteiger partial charge in [0, 0.05) is 17.8 Å². The molecule has 0 aromatic heterocycles. The fraction of sp³-hybridized carbons (Fsp3) is 0.333. The molecule has 1 aliphatic heterocycles. The topological polar surface area (TPSA) is 75.6 Å². The number of carbonyl (C=O) groups excluding carboxylic acids is 1. The smallest absolute Gasteiger partial charge is 0.332 e. The van der Waals surface area contributed by atoms with Gasteiger partial charge in [-0.2, -0.15) is 0 Å². The third-order valence-corrected chi connectivity index (χ3v) is 2.84. The minimum Gasteiger partial charge on any atom is -0.479 e. The molecule has 20 heavy (non-hydrogen) atoms. The molecule has 0 spiro atoms. The number of rotatable bonds is 3. The number of benzene rings is 1. The van der Waals surface area contributed by atoms with Crippen LogP contribution < -0.4 is 5.32 Å². The van der Waals surface area contributed by atoms with E-state index in [1.807, 2.05) is 0 Å². The summed E-state index contributed by atoms with van der Waals surface area (Å²) >= 11 is 0. The Balaban J connectivity index is 2.04. The standard InChI is InChI=1S/C12H10F3NO4/c13-6-3-5(4-7(14)10(6)15)16-11(17)8-1-2-9(20-8)12(18)19/h3-4,8-9H,1-2H2,(H,16,17)(H,18,19)/t8-,9+/m0/s1. The minimum absolute atomic E-state index is 0.166. The molecule has 2 atom stereocenters. The van der Waals surface area contributed by atoms with Gasteiger partial charge in [0.1, 0.15) is 6.10 Å². The number of nitrogens with one attached hydrogen (secondary N) is 1. The molecule has 0 bridgehead atoms. The van der Waals surface area contributed by atoms with E-state index in [2.05, 4.69) is 5.32 Å². The zero-order chi connectivity index (χ0) is 14.9. The molecular formula is C12H10F3NO4. The highest BCUT2D eigenvalue weighted by Gasteiger charge is 2.34. The van der Waals surface area contributed by atoms with Crippen molar-refractivity contribution in [3.8, 4) is 0 Å². The lowest BCUT2D eigenvalue weighted by molar-refractivity contribution is -0.150. The van der Waals surface area contributed by atoms with Crippen LogP contribution in [0, 0.1) is 17.5 Å². The van der Waals surface area contributed by atoms with Crippen molar-refractivity contribution in [1.82, 2.24) is 0 Å². The summed E-state index contributed by atoms with van der Waals surface area (Å²) < 4.78 is 43.6. The third kappa shape index (κ3) is 2.90.